The zero-order chi connectivity index (χ0) is 24.0. The molecule has 0 aliphatic heterocycles. The second kappa shape index (κ2) is 8.18. The fourth-order valence-electron chi connectivity index (χ4n) is 3.61. The van der Waals surface area contributed by atoms with Crippen LogP contribution in [0.3, 0.4) is 0 Å². The van der Waals surface area contributed by atoms with Gasteiger partial charge in [0, 0.05) is 41.7 Å². The van der Waals surface area contributed by atoms with E-state index in [0.717, 1.165) is 24.5 Å². The van der Waals surface area contributed by atoms with Gasteiger partial charge in [0.2, 0.25) is 0 Å². The van der Waals surface area contributed by atoms with Gasteiger partial charge >= 0.3 is 0 Å². The van der Waals surface area contributed by atoms with Crippen LogP contribution in [-0.2, 0) is 6.42 Å². The highest BCUT2D eigenvalue weighted by molar-refractivity contribution is 5.78. The van der Waals surface area contributed by atoms with Gasteiger partial charge in [-0.05, 0) is 30.3 Å². The van der Waals surface area contributed by atoms with Crippen molar-refractivity contribution < 1.29 is 22.0 Å². The summed E-state index contributed by atoms with van der Waals surface area (Å²) < 4.78 is 71.5. The van der Waals surface area contributed by atoms with E-state index in [-0.39, 0.29) is 34.3 Å². The lowest BCUT2D eigenvalue weighted by Gasteiger charge is -2.07. The lowest BCUT2D eigenvalue weighted by atomic mass is 10.1. The quantitative estimate of drug-likeness (QED) is 0.305. The van der Waals surface area contributed by atoms with Gasteiger partial charge < -0.3 is 5.73 Å². The largest absolute Gasteiger partial charge is 0.383 e. The summed E-state index contributed by atoms with van der Waals surface area (Å²) in [4.78, 5) is 16.4. The Kier molecular flexibility index (Phi) is 5.16. The van der Waals surface area contributed by atoms with Crippen molar-refractivity contribution in [3.05, 3.63) is 95.6 Å². The summed E-state index contributed by atoms with van der Waals surface area (Å²) in [5.41, 5.74) is 6.30. The maximum absolute atomic E-state index is 14.2. The first-order valence-corrected chi connectivity index (χ1v) is 9.85. The third-order valence-corrected chi connectivity index (χ3v) is 5.24. The minimum atomic E-state index is -1.36. The number of fused-ring (bicyclic) bond motifs is 1. The van der Waals surface area contributed by atoms with E-state index >= 15 is 0 Å². The predicted molar refractivity (Wildman–Crippen MR) is 113 cm³/mol. The topological polar surface area (TPSA) is 82.0 Å². The first-order valence-electron chi connectivity index (χ1n) is 9.85. The lowest BCUT2D eigenvalue weighted by molar-refractivity contribution is 0.481. The van der Waals surface area contributed by atoms with Crippen LogP contribution in [-0.4, -0.2) is 24.3 Å². The highest BCUT2D eigenvalue weighted by Crippen LogP contribution is 2.30. The average Bonchev–Trinajstić information content (AvgIpc) is 3.17. The Balaban J connectivity index is 1.64. The smallest absolute Gasteiger partial charge is 0.182 e. The number of pyridine rings is 2. The Morgan fingerprint density at radius 3 is 2.38 bits per heavy atom. The van der Waals surface area contributed by atoms with E-state index in [1.807, 2.05) is 0 Å². The minimum absolute atomic E-state index is 0.0133. The number of hydrogen-bond donors (Lipinski definition) is 1. The van der Waals surface area contributed by atoms with Crippen LogP contribution < -0.4 is 5.73 Å². The zero-order valence-electron chi connectivity index (χ0n) is 17.1. The third-order valence-electron chi connectivity index (χ3n) is 5.24. The molecular formula is C23H13F5N6. The highest BCUT2D eigenvalue weighted by atomic mass is 19.2. The number of hydrogen-bond acceptors (Lipinski definition) is 5. The van der Waals surface area contributed by atoms with Gasteiger partial charge in [-0.1, -0.05) is 0 Å². The molecule has 0 bridgehead atoms. The molecule has 0 radical (unpaired) electrons. The van der Waals surface area contributed by atoms with Crippen molar-refractivity contribution in [2.24, 2.45) is 0 Å². The molecule has 11 heteroatoms. The lowest BCUT2D eigenvalue weighted by Crippen LogP contribution is -2.04. The van der Waals surface area contributed by atoms with Crippen molar-refractivity contribution in [1.82, 2.24) is 24.3 Å². The van der Waals surface area contributed by atoms with Crippen LogP contribution >= 0.6 is 0 Å². The summed E-state index contributed by atoms with van der Waals surface area (Å²) in [7, 11) is 0. The van der Waals surface area contributed by atoms with E-state index in [1.165, 1.54) is 28.9 Å². The summed E-state index contributed by atoms with van der Waals surface area (Å²) in [5.74, 6) is -4.83. The second-order valence-corrected chi connectivity index (χ2v) is 7.33. The van der Waals surface area contributed by atoms with Gasteiger partial charge in [0.25, 0.3) is 0 Å². The number of benzene rings is 1. The number of rotatable bonds is 4. The third kappa shape index (κ3) is 3.60. The van der Waals surface area contributed by atoms with Crippen LogP contribution in [0.25, 0.3) is 28.2 Å². The summed E-state index contributed by atoms with van der Waals surface area (Å²) in [5, 5.41) is 0. The Bertz CT molecular complexity index is 1570. The summed E-state index contributed by atoms with van der Waals surface area (Å²) >= 11 is 0. The molecule has 6 nitrogen and oxygen atoms in total. The molecule has 0 aliphatic rings. The average molecular weight is 468 g/mol. The fourth-order valence-corrected chi connectivity index (χ4v) is 3.61. The van der Waals surface area contributed by atoms with E-state index in [1.54, 1.807) is 0 Å². The molecule has 0 saturated heterocycles. The molecule has 2 N–H and O–H groups in total. The summed E-state index contributed by atoms with van der Waals surface area (Å²) in [6.07, 6.45) is 4.31. The van der Waals surface area contributed by atoms with E-state index in [2.05, 4.69) is 19.9 Å². The summed E-state index contributed by atoms with van der Waals surface area (Å²) in [6.45, 7) is 0. The molecule has 1 aromatic carbocycles. The Hall–Kier alpha value is -4.41. The molecule has 0 saturated carbocycles. The van der Waals surface area contributed by atoms with E-state index in [4.69, 9.17) is 5.73 Å². The molecule has 0 amide bonds. The maximum Gasteiger partial charge on any atom is 0.182 e. The molecule has 0 unspecified atom stereocenters. The molecule has 5 rings (SSSR count). The van der Waals surface area contributed by atoms with Gasteiger partial charge in [0.1, 0.15) is 34.8 Å². The van der Waals surface area contributed by atoms with Crippen LogP contribution in [0.5, 0.6) is 0 Å². The number of anilines is 1. The standard InChI is InChI=1S/C23H13F5N6/c24-11-1-4-18-21(23-31-8-14(22(29)33-23)12-5-6-30-9-17(12)27)32-19(34(18)10-11)7-13-15(25)2-3-16(26)20(13)28/h1-6,8-10H,7H2,(H2,29,31,33). The van der Waals surface area contributed by atoms with E-state index in [0.29, 0.717) is 11.6 Å². The maximum atomic E-state index is 14.2. The Morgan fingerprint density at radius 2 is 1.62 bits per heavy atom. The molecule has 4 aromatic heterocycles. The highest BCUT2D eigenvalue weighted by Gasteiger charge is 2.21. The molecule has 4 heterocycles. The van der Waals surface area contributed by atoms with E-state index in [9.17, 15) is 22.0 Å². The van der Waals surface area contributed by atoms with Crippen molar-refractivity contribution >= 4 is 11.3 Å². The molecule has 34 heavy (non-hydrogen) atoms. The Morgan fingerprint density at radius 1 is 0.824 bits per heavy atom. The first-order chi connectivity index (χ1) is 16.3. The fraction of sp³-hybridized carbons (Fsp3) is 0.0435. The van der Waals surface area contributed by atoms with Gasteiger partial charge in [-0.15, -0.1) is 0 Å². The molecule has 0 aliphatic carbocycles. The van der Waals surface area contributed by atoms with Crippen LogP contribution in [0.1, 0.15) is 11.4 Å². The first kappa shape index (κ1) is 21.4. The van der Waals surface area contributed by atoms with E-state index < -0.39 is 41.1 Å². The number of aromatic nitrogens is 5. The van der Waals surface area contributed by atoms with Crippen LogP contribution in [0.4, 0.5) is 27.8 Å². The van der Waals surface area contributed by atoms with Crippen molar-refractivity contribution in [3.8, 4) is 22.6 Å². The van der Waals surface area contributed by atoms with Crippen molar-refractivity contribution in [2.75, 3.05) is 5.73 Å². The minimum Gasteiger partial charge on any atom is -0.383 e. The van der Waals surface area contributed by atoms with Gasteiger partial charge in [-0.25, -0.2) is 36.9 Å². The number of nitrogens with two attached hydrogens (primary N) is 1. The van der Waals surface area contributed by atoms with Gasteiger partial charge in [0.05, 0.1) is 11.7 Å². The zero-order valence-corrected chi connectivity index (χ0v) is 17.1. The van der Waals surface area contributed by atoms with Crippen LogP contribution in [0.15, 0.2) is 55.1 Å². The number of halogens is 5. The van der Waals surface area contributed by atoms with Gasteiger partial charge in [0.15, 0.2) is 17.5 Å². The molecule has 170 valence electrons. The molecular weight excluding hydrogens is 455 g/mol. The number of nitrogens with zero attached hydrogens (tertiary/aromatic N) is 5. The van der Waals surface area contributed by atoms with Crippen molar-refractivity contribution in [3.63, 3.8) is 0 Å². The molecule has 0 spiro atoms. The number of nitrogen functional groups attached to an aromatic ring is 1. The van der Waals surface area contributed by atoms with Gasteiger partial charge in [-0.3, -0.25) is 9.38 Å². The molecule has 5 aromatic rings. The van der Waals surface area contributed by atoms with Crippen LogP contribution in [0, 0.1) is 29.1 Å². The molecule has 0 atom stereocenters. The second-order valence-electron chi connectivity index (χ2n) is 7.33. The monoisotopic (exact) mass is 468 g/mol. The predicted octanol–water partition coefficient (Wildman–Crippen LogP) is 4.72. The summed E-state index contributed by atoms with van der Waals surface area (Å²) in [6, 6.07) is 5.44. The van der Waals surface area contributed by atoms with Gasteiger partial charge in [-0.2, -0.15) is 0 Å². The van der Waals surface area contributed by atoms with Crippen molar-refractivity contribution in [2.45, 2.75) is 6.42 Å². The number of imidazole rings is 1. The molecule has 0 fully saturated rings. The van der Waals surface area contributed by atoms with Crippen LogP contribution in [0.2, 0.25) is 0 Å². The Labute approximate surface area is 188 Å². The SMILES string of the molecule is Nc1nc(-c2nc(Cc3c(F)ccc(F)c3F)n3cc(F)ccc23)ncc1-c1ccncc1F. The van der Waals surface area contributed by atoms with Crippen molar-refractivity contribution in [1.29, 1.82) is 0 Å². The normalized spacial score (nSPS) is 11.3.